The molecular formula is C12H23N3. The van der Waals surface area contributed by atoms with Gasteiger partial charge in [0.25, 0.3) is 0 Å². The smallest absolute Gasteiger partial charge is 0.0644 e. The average molecular weight is 209 g/mol. The maximum Gasteiger partial charge on any atom is 0.0644 e. The maximum absolute atomic E-state index is 4.44. The van der Waals surface area contributed by atoms with Crippen molar-refractivity contribution in [1.29, 1.82) is 0 Å². The van der Waals surface area contributed by atoms with Crippen LogP contribution < -0.4 is 5.32 Å². The van der Waals surface area contributed by atoms with E-state index in [1.54, 1.807) is 0 Å². The highest BCUT2D eigenvalue weighted by atomic mass is 15.3. The molecular weight excluding hydrogens is 186 g/mol. The van der Waals surface area contributed by atoms with Crippen LogP contribution in [0.25, 0.3) is 0 Å². The standard InChI is InChI=1S/C12H23N3/c1-8(2)7-13-9(3)12-10(4)14-15(6)11(12)5/h8-9,13H,7H2,1-6H3. The molecule has 1 aromatic rings. The van der Waals surface area contributed by atoms with Crippen molar-refractivity contribution < 1.29 is 0 Å². The molecule has 0 aliphatic heterocycles. The number of nitrogens with one attached hydrogen (secondary N) is 1. The van der Waals surface area contributed by atoms with Crippen molar-refractivity contribution in [1.82, 2.24) is 15.1 Å². The second kappa shape index (κ2) is 4.79. The fourth-order valence-corrected chi connectivity index (χ4v) is 1.93. The highest BCUT2D eigenvalue weighted by Crippen LogP contribution is 2.20. The Kier molecular flexibility index (Phi) is 3.91. The Labute approximate surface area is 92.9 Å². The lowest BCUT2D eigenvalue weighted by atomic mass is 10.1. The summed E-state index contributed by atoms with van der Waals surface area (Å²) < 4.78 is 1.96. The largest absolute Gasteiger partial charge is 0.310 e. The highest BCUT2D eigenvalue weighted by Gasteiger charge is 2.15. The van der Waals surface area contributed by atoms with Crippen LogP contribution in [-0.4, -0.2) is 16.3 Å². The molecule has 0 saturated heterocycles. The molecule has 0 radical (unpaired) electrons. The van der Waals surface area contributed by atoms with Crippen molar-refractivity contribution in [2.75, 3.05) is 6.54 Å². The van der Waals surface area contributed by atoms with Crippen molar-refractivity contribution in [3.05, 3.63) is 17.0 Å². The lowest BCUT2D eigenvalue weighted by molar-refractivity contribution is 0.493. The summed E-state index contributed by atoms with van der Waals surface area (Å²) in [5.74, 6) is 0.685. The van der Waals surface area contributed by atoms with Gasteiger partial charge in [-0.3, -0.25) is 4.68 Å². The van der Waals surface area contributed by atoms with E-state index in [4.69, 9.17) is 0 Å². The van der Waals surface area contributed by atoms with Crippen LogP contribution in [0, 0.1) is 19.8 Å². The summed E-state index contributed by atoms with van der Waals surface area (Å²) >= 11 is 0. The number of hydrogen-bond donors (Lipinski definition) is 1. The first-order valence-electron chi connectivity index (χ1n) is 5.67. The van der Waals surface area contributed by atoms with Gasteiger partial charge in [0.05, 0.1) is 5.69 Å². The summed E-state index contributed by atoms with van der Waals surface area (Å²) in [6.07, 6.45) is 0. The topological polar surface area (TPSA) is 29.9 Å². The molecule has 0 aromatic carbocycles. The summed E-state index contributed by atoms with van der Waals surface area (Å²) in [6, 6.07) is 0.390. The van der Waals surface area contributed by atoms with Crippen LogP contribution in [0.3, 0.4) is 0 Å². The van der Waals surface area contributed by atoms with E-state index in [-0.39, 0.29) is 0 Å². The van der Waals surface area contributed by atoms with Crippen molar-refractivity contribution in [2.45, 2.75) is 40.7 Å². The van der Waals surface area contributed by atoms with Crippen molar-refractivity contribution in [3.63, 3.8) is 0 Å². The van der Waals surface area contributed by atoms with Crippen LogP contribution in [-0.2, 0) is 7.05 Å². The van der Waals surface area contributed by atoms with Gasteiger partial charge in [-0.05, 0) is 33.2 Å². The third-order valence-electron chi connectivity index (χ3n) is 2.83. The summed E-state index contributed by atoms with van der Waals surface area (Å²) in [7, 11) is 2.00. The van der Waals surface area contributed by atoms with Gasteiger partial charge in [0.1, 0.15) is 0 Å². The van der Waals surface area contributed by atoms with E-state index < -0.39 is 0 Å². The van der Waals surface area contributed by atoms with E-state index in [1.165, 1.54) is 11.3 Å². The quantitative estimate of drug-likeness (QED) is 0.825. The Morgan fingerprint density at radius 1 is 1.27 bits per heavy atom. The number of nitrogens with zero attached hydrogens (tertiary/aromatic N) is 2. The molecule has 1 unspecified atom stereocenters. The molecule has 1 rings (SSSR count). The van der Waals surface area contributed by atoms with E-state index in [2.05, 4.69) is 45.0 Å². The number of aromatic nitrogens is 2. The van der Waals surface area contributed by atoms with Crippen LogP contribution in [0.2, 0.25) is 0 Å². The van der Waals surface area contributed by atoms with Gasteiger partial charge in [-0.2, -0.15) is 5.10 Å². The van der Waals surface area contributed by atoms with Gasteiger partial charge in [-0.25, -0.2) is 0 Å². The van der Waals surface area contributed by atoms with Gasteiger partial charge >= 0.3 is 0 Å². The average Bonchev–Trinajstić information content (AvgIpc) is 2.37. The third-order valence-corrected chi connectivity index (χ3v) is 2.83. The fraction of sp³-hybridized carbons (Fsp3) is 0.750. The Morgan fingerprint density at radius 3 is 2.27 bits per heavy atom. The number of aryl methyl sites for hydroxylation is 2. The molecule has 3 nitrogen and oxygen atoms in total. The van der Waals surface area contributed by atoms with Gasteiger partial charge in [-0.15, -0.1) is 0 Å². The molecule has 1 aromatic heterocycles. The maximum atomic E-state index is 4.44. The lowest BCUT2D eigenvalue weighted by Crippen LogP contribution is -2.24. The molecule has 1 atom stereocenters. The van der Waals surface area contributed by atoms with Gasteiger partial charge in [0, 0.05) is 24.3 Å². The lowest BCUT2D eigenvalue weighted by Gasteiger charge is -2.16. The van der Waals surface area contributed by atoms with E-state index in [0.717, 1.165) is 12.2 Å². The minimum atomic E-state index is 0.390. The normalized spacial score (nSPS) is 13.5. The summed E-state index contributed by atoms with van der Waals surface area (Å²) in [6.45, 7) is 11.9. The Balaban J connectivity index is 2.77. The molecule has 0 aliphatic rings. The zero-order chi connectivity index (χ0) is 11.6. The van der Waals surface area contributed by atoms with Gasteiger partial charge < -0.3 is 5.32 Å². The van der Waals surface area contributed by atoms with Gasteiger partial charge in [0.15, 0.2) is 0 Å². The molecule has 15 heavy (non-hydrogen) atoms. The first kappa shape index (κ1) is 12.2. The predicted octanol–water partition coefficient (Wildman–Crippen LogP) is 2.34. The monoisotopic (exact) mass is 209 g/mol. The molecule has 0 amide bonds. The van der Waals surface area contributed by atoms with Crippen LogP contribution >= 0.6 is 0 Å². The van der Waals surface area contributed by atoms with Crippen molar-refractivity contribution >= 4 is 0 Å². The summed E-state index contributed by atoms with van der Waals surface area (Å²) in [5, 5.41) is 7.98. The number of hydrogen-bond acceptors (Lipinski definition) is 2. The van der Waals surface area contributed by atoms with Crippen LogP contribution in [0.1, 0.15) is 43.8 Å². The van der Waals surface area contributed by atoms with E-state index in [9.17, 15) is 0 Å². The fourth-order valence-electron chi connectivity index (χ4n) is 1.93. The van der Waals surface area contributed by atoms with Gasteiger partial charge in [0.2, 0.25) is 0 Å². The Bertz CT molecular complexity index is 326. The van der Waals surface area contributed by atoms with E-state index in [0.29, 0.717) is 12.0 Å². The SMILES string of the molecule is Cc1nn(C)c(C)c1C(C)NCC(C)C. The first-order chi connectivity index (χ1) is 6.93. The zero-order valence-corrected chi connectivity index (χ0v) is 10.8. The minimum Gasteiger partial charge on any atom is -0.310 e. The molecule has 3 heteroatoms. The van der Waals surface area contributed by atoms with Crippen molar-refractivity contribution in [3.8, 4) is 0 Å². The highest BCUT2D eigenvalue weighted by molar-refractivity contribution is 5.27. The minimum absolute atomic E-state index is 0.390. The van der Waals surface area contributed by atoms with E-state index in [1.807, 2.05) is 11.7 Å². The van der Waals surface area contributed by atoms with Gasteiger partial charge in [-0.1, -0.05) is 13.8 Å². The molecule has 0 bridgehead atoms. The van der Waals surface area contributed by atoms with Crippen LogP contribution in [0.15, 0.2) is 0 Å². The van der Waals surface area contributed by atoms with Crippen molar-refractivity contribution in [2.24, 2.45) is 13.0 Å². The zero-order valence-electron chi connectivity index (χ0n) is 10.8. The van der Waals surface area contributed by atoms with E-state index >= 15 is 0 Å². The Hall–Kier alpha value is -0.830. The predicted molar refractivity (Wildman–Crippen MR) is 63.9 cm³/mol. The number of rotatable bonds is 4. The second-order valence-corrected chi connectivity index (χ2v) is 4.73. The molecule has 0 spiro atoms. The molecule has 1 N–H and O–H groups in total. The third kappa shape index (κ3) is 2.81. The molecule has 0 saturated carbocycles. The molecule has 0 fully saturated rings. The second-order valence-electron chi connectivity index (χ2n) is 4.73. The van der Waals surface area contributed by atoms with Crippen LogP contribution in [0.4, 0.5) is 0 Å². The molecule has 86 valence electrons. The molecule has 1 heterocycles. The Morgan fingerprint density at radius 2 is 1.87 bits per heavy atom. The first-order valence-corrected chi connectivity index (χ1v) is 5.67. The summed E-state index contributed by atoms with van der Waals surface area (Å²) in [5.41, 5.74) is 3.74. The molecule has 0 aliphatic carbocycles. The van der Waals surface area contributed by atoms with Crippen LogP contribution in [0.5, 0.6) is 0 Å². The summed E-state index contributed by atoms with van der Waals surface area (Å²) in [4.78, 5) is 0.